The smallest absolute Gasteiger partial charge is 0.106 e. The number of aliphatic hydroxyl groups is 1. The van der Waals surface area contributed by atoms with Crippen LogP contribution >= 0.6 is 34.8 Å². The fraction of sp³-hybridized carbons (Fsp3) is 0.200. The molecular weight excluding hydrogens is 303 g/mol. The van der Waals surface area contributed by atoms with Gasteiger partial charge in [-0.15, -0.1) is 0 Å². The quantitative estimate of drug-likeness (QED) is 0.792. The molecule has 2 aromatic carbocycles. The number of hydrogen-bond donors (Lipinski definition) is 1. The van der Waals surface area contributed by atoms with Crippen molar-refractivity contribution in [2.24, 2.45) is 0 Å². The Morgan fingerprint density at radius 1 is 0.842 bits per heavy atom. The predicted molar refractivity (Wildman–Crippen MR) is 81.4 cm³/mol. The minimum atomic E-state index is -0.791. The minimum Gasteiger partial charge on any atom is -0.384 e. The van der Waals surface area contributed by atoms with E-state index in [2.05, 4.69) is 0 Å². The zero-order chi connectivity index (χ0) is 14.2. The monoisotopic (exact) mass is 314 g/mol. The lowest BCUT2D eigenvalue weighted by atomic mass is 9.96. The minimum absolute atomic E-state index is 0.451. The summed E-state index contributed by atoms with van der Waals surface area (Å²) in [5.74, 6) is 0. The topological polar surface area (TPSA) is 20.2 Å². The van der Waals surface area contributed by atoms with Gasteiger partial charge in [-0.3, -0.25) is 0 Å². The fourth-order valence-corrected chi connectivity index (χ4v) is 2.72. The van der Waals surface area contributed by atoms with Crippen molar-refractivity contribution < 1.29 is 5.11 Å². The zero-order valence-corrected chi connectivity index (χ0v) is 12.8. The first-order valence-corrected chi connectivity index (χ1v) is 6.93. The van der Waals surface area contributed by atoms with Crippen molar-refractivity contribution in [1.82, 2.24) is 0 Å². The van der Waals surface area contributed by atoms with E-state index in [1.54, 1.807) is 18.2 Å². The van der Waals surface area contributed by atoms with Gasteiger partial charge in [0.25, 0.3) is 0 Å². The Hall–Kier alpha value is -0.730. The fourth-order valence-electron chi connectivity index (χ4n) is 1.99. The molecule has 0 bridgehead atoms. The average Bonchev–Trinajstić information content (AvgIpc) is 2.33. The molecule has 100 valence electrons. The number of aryl methyl sites for hydroxylation is 2. The predicted octanol–water partition coefficient (Wildman–Crippen LogP) is 5.35. The van der Waals surface area contributed by atoms with Gasteiger partial charge in [-0.1, -0.05) is 46.9 Å². The highest BCUT2D eigenvalue weighted by Gasteiger charge is 2.17. The van der Waals surface area contributed by atoms with Gasteiger partial charge in [0.1, 0.15) is 6.10 Å². The molecule has 0 aliphatic carbocycles. The van der Waals surface area contributed by atoms with Gasteiger partial charge in [0.15, 0.2) is 0 Å². The molecule has 0 aromatic heterocycles. The highest BCUT2D eigenvalue weighted by molar-refractivity contribution is 6.35. The highest BCUT2D eigenvalue weighted by Crippen LogP contribution is 2.33. The van der Waals surface area contributed by atoms with Gasteiger partial charge in [-0.25, -0.2) is 0 Å². The first kappa shape index (κ1) is 14.7. The third-order valence-electron chi connectivity index (χ3n) is 3.10. The molecule has 0 aliphatic rings. The molecule has 0 saturated carbocycles. The number of aliphatic hydroxyl groups excluding tert-OH is 1. The van der Waals surface area contributed by atoms with E-state index in [9.17, 15) is 5.11 Å². The van der Waals surface area contributed by atoms with E-state index in [4.69, 9.17) is 34.8 Å². The first-order chi connectivity index (χ1) is 8.90. The Kier molecular flexibility index (Phi) is 4.42. The summed E-state index contributed by atoms with van der Waals surface area (Å²) in [5, 5.41) is 12.2. The molecular formula is C15H13Cl3O. The average molecular weight is 316 g/mol. The summed E-state index contributed by atoms with van der Waals surface area (Å²) >= 11 is 18.1. The van der Waals surface area contributed by atoms with Crippen LogP contribution in [0.1, 0.15) is 28.4 Å². The van der Waals surface area contributed by atoms with Crippen molar-refractivity contribution in [2.75, 3.05) is 0 Å². The summed E-state index contributed by atoms with van der Waals surface area (Å²) in [6.07, 6.45) is -0.791. The Bertz CT molecular complexity index is 623. The van der Waals surface area contributed by atoms with E-state index >= 15 is 0 Å². The summed E-state index contributed by atoms with van der Waals surface area (Å²) in [6.45, 7) is 3.81. The molecule has 2 aromatic rings. The SMILES string of the molecule is Cc1cc(C(O)c2ccc(Cl)cc2Cl)c(C)cc1Cl. The van der Waals surface area contributed by atoms with Gasteiger partial charge in [0.05, 0.1) is 0 Å². The Morgan fingerprint density at radius 2 is 1.53 bits per heavy atom. The molecule has 1 unspecified atom stereocenters. The summed E-state index contributed by atoms with van der Waals surface area (Å²) in [5.41, 5.74) is 3.28. The van der Waals surface area contributed by atoms with Gasteiger partial charge < -0.3 is 5.11 Å². The molecule has 0 spiro atoms. The van der Waals surface area contributed by atoms with Crippen LogP contribution < -0.4 is 0 Å². The summed E-state index contributed by atoms with van der Waals surface area (Å²) < 4.78 is 0. The van der Waals surface area contributed by atoms with Crippen LogP contribution in [0.15, 0.2) is 30.3 Å². The molecule has 2 rings (SSSR count). The molecule has 1 nitrogen and oxygen atoms in total. The van der Waals surface area contributed by atoms with Crippen molar-refractivity contribution >= 4 is 34.8 Å². The van der Waals surface area contributed by atoms with Crippen LogP contribution in [0, 0.1) is 13.8 Å². The first-order valence-electron chi connectivity index (χ1n) is 5.80. The Labute approximate surface area is 127 Å². The van der Waals surface area contributed by atoms with Gasteiger partial charge in [0, 0.05) is 20.6 Å². The maximum Gasteiger partial charge on any atom is 0.106 e. The summed E-state index contributed by atoms with van der Waals surface area (Å²) in [7, 11) is 0. The van der Waals surface area contributed by atoms with Crippen LogP contribution in [-0.2, 0) is 0 Å². The lowest BCUT2D eigenvalue weighted by Gasteiger charge is -2.17. The van der Waals surface area contributed by atoms with Gasteiger partial charge >= 0.3 is 0 Å². The molecule has 0 saturated heterocycles. The maximum absolute atomic E-state index is 10.5. The number of halogens is 3. The summed E-state index contributed by atoms with van der Waals surface area (Å²) in [6, 6.07) is 8.80. The Balaban J connectivity index is 2.49. The van der Waals surface area contributed by atoms with Crippen LogP contribution in [0.3, 0.4) is 0 Å². The molecule has 0 aliphatic heterocycles. The molecule has 4 heteroatoms. The lowest BCUT2D eigenvalue weighted by molar-refractivity contribution is 0.219. The van der Waals surface area contributed by atoms with Crippen molar-refractivity contribution in [2.45, 2.75) is 20.0 Å². The Morgan fingerprint density at radius 3 is 2.16 bits per heavy atom. The van der Waals surface area contributed by atoms with Crippen molar-refractivity contribution in [3.05, 3.63) is 67.7 Å². The van der Waals surface area contributed by atoms with E-state index in [1.807, 2.05) is 26.0 Å². The van der Waals surface area contributed by atoms with E-state index in [0.717, 1.165) is 16.7 Å². The highest BCUT2D eigenvalue weighted by atomic mass is 35.5. The molecule has 0 amide bonds. The molecule has 1 atom stereocenters. The molecule has 0 heterocycles. The van der Waals surface area contributed by atoms with Crippen molar-refractivity contribution in [3.8, 4) is 0 Å². The maximum atomic E-state index is 10.5. The van der Waals surface area contributed by atoms with Crippen LogP contribution in [0.2, 0.25) is 15.1 Å². The second-order valence-electron chi connectivity index (χ2n) is 4.53. The van der Waals surface area contributed by atoms with Crippen molar-refractivity contribution in [3.63, 3.8) is 0 Å². The second kappa shape index (κ2) is 5.72. The summed E-state index contributed by atoms with van der Waals surface area (Å²) in [4.78, 5) is 0. The molecule has 0 radical (unpaired) electrons. The van der Waals surface area contributed by atoms with E-state index in [-0.39, 0.29) is 0 Å². The molecule has 19 heavy (non-hydrogen) atoms. The normalized spacial score (nSPS) is 12.5. The molecule has 1 N–H and O–H groups in total. The third-order valence-corrected chi connectivity index (χ3v) is 4.07. The van der Waals surface area contributed by atoms with Gasteiger partial charge in [0.2, 0.25) is 0 Å². The number of rotatable bonds is 2. The van der Waals surface area contributed by atoms with Gasteiger partial charge in [-0.2, -0.15) is 0 Å². The zero-order valence-electron chi connectivity index (χ0n) is 10.5. The van der Waals surface area contributed by atoms with Gasteiger partial charge in [-0.05, 0) is 48.7 Å². The van der Waals surface area contributed by atoms with E-state index in [0.29, 0.717) is 20.6 Å². The third kappa shape index (κ3) is 3.06. The second-order valence-corrected chi connectivity index (χ2v) is 5.78. The van der Waals surface area contributed by atoms with E-state index in [1.165, 1.54) is 0 Å². The number of benzene rings is 2. The number of hydrogen-bond acceptors (Lipinski definition) is 1. The van der Waals surface area contributed by atoms with Crippen LogP contribution in [-0.4, -0.2) is 5.11 Å². The van der Waals surface area contributed by atoms with Crippen LogP contribution in [0.4, 0.5) is 0 Å². The van der Waals surface area contributed by atoms with Crippen molar-refractivity contribution in [1.29, 1.82) is 0 Å². The largest absolute Gasteiger partial charge is 0.384 e. The van der Waals surface area contributed by atoms with Crippen LogP contribution in [0.5, 0.6) is 0 Å². The molecule has 0 fully saturated rings. The lowest BCUT2D eigenvalue weighted by Crippen LogP contribution is -2.03. The van der Waals surface area contributed by atoms with E-state index < -0.39 is 6.10 Å². The standard InChI is InChI=1S/C15H13Cl3O/c1-8-6-13(17)9(2)5-12(8)15(19)11-4-3-10(16)7-14(11)18/h3-7,15,19H,1-2H3. The van der Waals surface area contributed by atoms with Crippen LogP contribution in [0.25, 0.3) is 0 Å².